The molecule has 2 bridgehead atoms. The lowest BCUT2D eigenvalue weighted by atomic mass is 9.84. The lowest BCUT2D eigenvalue weighted by Crippen LogP contribution is -2.40. The minimum atomic E-state index is -4.14. The van der Waals surface area contributed by atoms with E-state index in [4.69, 9.17) is 11.6 Å². The van der Waals surface area contributed by atoms with Crippen molar-refractivity contribution in [3.8, 4) is 0 Å². The molecule has 0 aliphatic heterocycles. The van der Waals surface area contributed by atoms with E-state index >= 15 is 0 Å². The summed E-state index contributed by atoms with van der Waals surface area (Å²) < 4.78 is 41.4. The Morgan fingerprint density at radius 3 is 2.58 bits per heavy atom. The number of nitrogens with one attached hydrogen (secondary N) is 1. The summed E-state index contributed by atoms with van der Waals surface area (Å²) in [6, 6.07) is 9.38. The second kappa shape index (κ2) is 9.47. The van der Waals surface area contributed by atoms with Crippen molar-refractivity contribution >= 4 is 33.2 Å². The molecule has 2 fully saturated rings. The molecular formula is C25H28ClFN2O3S. The monoisotopic (exact) mass is 490 g/mol. The van der Waals surface area contributed by atoms with Gasteiger partial charge in [0.25, 0.3) is 15.9 Å². The smallest absolute Gasteiger partial charge is 0.266 e. The average Bonchev–Trinajstić information content (AvgIpc) is 3.42. The van der Waals surface area contributed by atoms with Gasteiger partial charge in [-0.2, -0.15) is 0 Å². The first-order chi connectivity index (χ1) is 15.7. The van der Waals surface area contributed by atoms with Gasteiger partial charge in [-0.1, -0.05) is 24.1 Å². The van der Waals surface area contributed by atoms with E-state index < -0.39 is 15.8 Å². The number of rotatable bonds is 8. The second-order valence-electron chi connectivity index (χ2n) is 9.05. The van der Waals surface area contributed by atoms with Crippen molar-refractivity contribution in [1.82, 2.24) is 5.32 Å². The highest BCUT2D eigenvalue weighted by atomic mass is 35.5. The Balaban J connectivity index is 1.59. The first-order valence-corrected chi connectivity index (χ1v) is 13.0. The molecule has 1 N–H and O–H groups in total. The first kappa shape index (κ1) is 23.8. The largest absolute Gasteiger partial charge is 0.349 e. The van der Waals surface area contributed by atoms with Gasteiger partial charge >= 0.3 is 0 Å². The highest BCUT2D eigenvalue weighted by molar-refractivity contribution is 7.93. The molecule has 0 unspecified atom stereocenters. The third kappa shape index (κ3) is 4.80. The summed E-state index contributed by atoms with van der Waals surface area (Å²) in [5.41, 5.74) is 0.498. The number of fused-ring (bicyclic) bond motifs is 2. The SMILES string of the molecule is C=CCN(c1ccc(F)cc1)S(=O)(=O)c1cc(C(=O)N[C@@H](C)[C@H]2C[C@@H]3CC[C@@H]2C3)ccc1Cl. The Hall–Kier alpha value is -2.38. The summed E-state index contributed by atoms with van der Waals surface area (Å²) >= 11 is 6.27. The highest BCUT2D eigenvalue weighted by Gasteiger charge is 2.42. The van der Waals surface area contributed by atoms with Crippen LogP contribution in [0, 0.1) is 23.6 Å². The number of nitrogens with zero attached hydrogens (tertiary/aromatic N) is 1. The minimum absolute atomic E-state index is 0.00359. The summed E-state index contributed by atoms with van der Waals surface area (Å²) in [6.07, 6.45) is 6.33. The number of anilines is 1. The molecule has 2 aromatic carbocycles. The van der Waals surface area contributed by atoms with E-state index in [1.54, 1.807) is 0 Å². The molecule has 0 saturated heterocycles. The van der Waals surface area contributed by atoms with Crippen LogP contribution in [-0.2, 0) is 10.0 Å². The molecule has 8 heteroatoms. The lowest BCUT2D eigenvalue weighted by Gasteiger charge is -2.28. The van der Waals surface area contributed by atoms with Crippen molar-refractivity contribution < 1.29 is 17.6 Å². The third-order valence-corrected chi connectivity index (χ3v) is 9.24. The molecule has 33 heavy (non-hydrogen) atoms. The van der Waals surface area contributed by atoms with Crippen LogP contribution in [0.2, 0.25) is 5.02 Å². The van der Waals surface area contributed by atoms with Crippen molar-refractivity contribution in [2.75, 3.05) is 10.8 Å². The van der Waals surface area contributed by atoms with Gasteiger partial charge in [-0.05, 0) is 86.4 Å². The van der Waals surface area contributed by atoms with Gasteiger partial charge in [0.15, 0.2) is 0 Å². The molecule has 0 radical (unpaired) electrons. The fraction of sp³-hybridized carbons (Fsp3) is 0.400. The van der Waals surface area contributed by atoms with Crippen LogP contribution in [0.5, 0.6) is 0 Å². The molecule has 2 aliphatic carbocycles. The Morgan fingerprint density at radius 1 is 1.24 bits per heavy atom. The molecule has 4 rings (SSSR count). The predicted octanol–water partition coefficient (Wildman–Crippen LogP) is 5.41. The number of hydrogen-bond donors (Lipinski definition) is 1. The predicted molar refractivity (Wildman–Crippen MR) is 128 cm³/mol. The van der Waals surface area contributed by atoms with Crippen LogP contribution < -0.4 is 9.62 Å². The van der Waals surface area contributed by atoms with E-state index in [0.717, 1.165) is 16.6 Å². The van der Waals surface area contributed by atoms with Crippen LogP contribution in [0.1, 0.15) is 43.0 Å². The molecule has 0 aromatic heterocycles. The lowest BCUT2D eigenvalue weighted by molar-refractivity contribution is 0.0915. The van der Waals surface area contributed by atoms with Gasteiger partial charge in [0.05, 0.1) is 17.3 Å². The van der Waals surface area contributed by atoms with Gasteiger partial charge in [0.1, 0.15) is 10.7 Å². The van der Waals surface area contributed by atoms with Gasteiger partial charge in [-0.25, -0.2) is 12.8 Å². The van der Waals surface area contributed by atoms with Crippen LogP contribution in [0.4, 0.5) is 10.1 Å². The summed E-state index contributed by atoms with van der Waals surface area (Å²) in [5.74, 6) is 1.10. The molecule has 5 nitrogen and oxygen atoms in total. The molecule has 0 heterocycles. The fourth-order valence-corrected chi connectivity index (χ4v) is 7.27. The zero-order valence-electron chi connectivity index (χ0n) is 18.5. The molecule has 1 amide bonds. The van der Waals surface area contributed by atoms with Gasteiger partial charge in [-0.3, -0.25) is 9.10 Å². The number of carbonyl (C=O) groups excluding carboxylic acids is 1. The average molecular weight is 491 g/mol. The summed E-state index contributed by atoms with van der Waals surface area (Å²) in [6.45, 7) is 5.61. The number of carbonyl (C=O) groups is 1. The van der Waals surface area contributed by atoms with Gasteiger partial charge < -0.3 is 5.32 Å². The molecule has 2 aromatic rings. The number of benzene rings is 2. The van der Waals surface area contributed by atoms with Crippen molar-refractivity contribution in [1.29, 1.82) is 0 Å². The second-order valence-corrected chi connectivity index (χ2v) is 11.3. The maximum absolute atomic E-state index is 13.5. The van der Waals surface area contributed by atoms with Gasteiger partial charge in [-0.15, -0.1) is 6.58 Å². The molecule has 0 spiro atoms. The highest BCUT2D eigenvalue weighted by Crippen LogP contribution is 2.49. The fourth-order valence-electron chi connectivity index (χ4n) is 5.33. The van der Waals surface area contributed by atoms with E-state index in [9.17, 15) is 17.6 Å². The van der Waals surface area contributed by atoms with E-state index in [1.165, 1.54) is 67.8 Å². The first-order valence-electron chi connectivity index (χ1n) is 11.2. The Bertz CT molecular complexity index is 1150. The molecular weight excluding hydrogens is 463 g/mol. The number of amides is 1. The summed E-state index contributed by atoms with van der Waals surface area (Å²) in [5, 5.41) is 3.07. The topological polar surface area (TPSA) is 66.5 Å². The number of sulfonamides is 1. The molecule has 176 valence electrons. The van der Waals surface area contributed by atoms with Gasteiger partial charge in [0.2, 0.25) is 0 Å². The van der Waals surface area contributed by atoms with E-state index in [0.29, 0.717) is 11.8 Å². The minimum Gasteiger partial charge on any atom is -0.349 e. The zero-order chi connectivity index (χ0) is 23.8. The standard InChI is InChI=1S/C25H28ClFN2O3S/c1-3-12-29(21-9-7-20(27)8-10-21)33(31,32)24-15-19(6-11-23(24)26)25(30)28-16(2)22-14-17-4-5-18(22)13-17/h3,6-11,15-18,22H,1,4-5,12-14H2,2H3,(H,28,30)/t16-,17+,18+,22+/m0/s1. The van der Waals surface area contributed by atoms with Crippen molar-refractivity contribution in [3.63, 3.8) is 0 Å². The quantitative estimate of drug-likeness (QED) is 0.503. The third-order valence-electron chi connectivity index (χ3n) is 6.96. The zero-order valence-corrected chi connectivity index (χ0v) is 20.1. The van der Waals surface area contributed by atoms with Crippen LogP contribution in [0.25, 0.3) is 0 Å². The van der Waals surface area contributed by atoms with E-state index in [1.807, 2.05) is 6.92 Å². The molecule has 2 saturated carbocycles. The van der Waals surface area contributed by atoms with Gasteiger partial charge in [0, 0.05) is 11.6 Å². The van der Waals surface area contributed by atoms with E-state index in [-0.39, 0.29) is 39.7 Å². The van der Waals surface area contributed by atoms with Crippen molar-refractivity contribution in [2.24, 2.45) is 17.8 Å². The Labute approximate surface area is 199 Å². The maximum atomic E-state index is 13.5. The van der Waals surface area contributed by atoms with Crippen molar-refractivity contribution in [3.05, 3.63) is 71.5 Å². The van der Waals surface area contributed by atoms with Crippen LogP contribution >= 0.6 is 11.6 Å². The summed E-state index contributed by atoms with van der Waals surface area (Å²) in [7, 11) is -4.14. The summed E-state index contributed by atoms with van der Waals surface area (Å²) in [4.78, 5) is 12.8. The number of halogens is 2. The number of hydrogen-bond acceptors (Lipinski definition) is 3. The van der Waals surface area contributed by atoms with Crippen molar-refractivity contribution in [2.45, 2.75) is 43.5 Å². The molecule has 4 atom stereocenters. The van der Waals surface area contributed by atoms with Crippen LogP contribution in [0.15, 0.2) is 60.0 Å². The van der Waals surface area contributed by atoms with E-state index in [2.05, 4.69) is 11.9 Å². The normalized spacial score (nSPS) is 22.7. The Morgan fingerprint density at radius 2 is 1.97 bits per heavy atom. The van der Waals surface area contributed by atoms with Crippen LogP contribution in [-0.4, -0.2) is 26.9 Å². The molecule has 2 aliphatic rings. The van der Waals surface area contributed by atoms with Crippen LogP contribution in [0.3, 0.4) is 0 Å². The Kier molecular flexibility index (Phi) is 6.82. The maximum Gasteiger partial charge on any atom is 0.266 e.